The summed E-state index contributed by atoms with van der Waals surface area (Å²) >= 11 is 0. The van der Waals surface area contributed by atoms with Crippen molar-refractivity contribution in [2.75, 3.05) is 24.6 Å². The zero-order chi connectivity index (χ0) is 16.9. The predicted octanol–water partition coefficient (Wildman–Crippen LogP) is 1.58. The van der Waals surface area contributed by atoms with E-state index in [1.165, 1.54) is 5.56 Å². The topological polar surface area (TPSA) is 66.5 Å². The molecule has 0 saturated carbocycles. The lowest BCUT2D eigenvalue weighted by Gasteiger charge is -2.20. The molecule has 128 valence electrons. The fourth-order valence-electron chi connectivity index (χ4n) is 2.90. The number of amides is 1. The number of rotatable bonds is 7. The van der Waals surface area contributed by atoms with Gasteiger partial charge in [0.1, 0.15) is 0 Å². The first-order chi connectivity index (χ1) is 10.9. The zero-order valence-corrected chi connectivity index (χ0v) is 14.7. The van der Waals surface area contributed by atoms with Crippen LogP contribution in [0.3, 0.4) is 0 Å². The Morgan fingerprint density at radius 3 is 2.43 bits per heavy atom. The van der Waals surface area contributed by atoms with Crippen molar-refractivity contribution in [3.8, 4) is 0 Å². The molecule has 1 atom stereocenters. The zero-order valence-electron chi connectivity index (χ0n) is 13.9. The molecule has 0 spiro atoms. The van der Waals surface area contributed by atoms with Gasteiger partial charge in [0.15, 0.2) is 9.84 Å². The summed E-state index contributed by atoms with van der Waals surface area (Å²) in [6.45, 7) is 7.54. The highest BCUT2D eigenvalue weighted by atomic mass is 32.2. The molecular formula is C17H26N2O3S. The Balaban J connectivity index is 1.96. The van der Waals surface area contributed by atoms with Crippen LogP contribution < -0.4 is 5.32 Å². The first-order valence-corrected chi connectivity index (χ1v) is 10.0. The molecule has 0 aromatic heterocycles. The van der Waals surface area contributed by atoms with Crippen molar-refractivity contribution < 1.29 is 13.2 Å². The van der Waals surface area contributed by atoms with E-state index in [0.717, 1.165) is 25.2 Å². The van der Waals surface area contributed by atoms with E-state index in [1.54, 1.807) is 0 Å². The van der Waals surface area contributed by atoms with Gasteiger partial charge in [-0.25, -0.2) is 8.42 Å². The van der Waals surface area contributed by atoms with E-state index in [2.05, 4.69) is 30.1 Å². The third-order valence-corrected chi connectivity index (χ3v) is 6.23. The molecule has 0 aliphatic carbocycles. The molecule has 0 bridgehead atoms. The standard InChI is InChI=1S/C17H26N2O3S/c1-3-19(4-2)12-15-8-6-5-7-14(15)11-18-17(20)16-9-10-23(21,22)13-16/h5-8,16H,3-4,9-13H2,1-2H3,(H,18,20). The molecule has 2 rings (SSSR count). The van der Waals surface area contributed by atoms with Crippen LogP contribution in [0.5, 0.6) is 0 Å². The molecule has 5 nitrogen and oxygen atoms in total. The second kappa shape index (κ2) is 7.93. The lowest BCUT2D eigenvalue weighted by molar-refractivity contribution is -0.124. The van der Waals surface area contributed by atoms with E-state index in [-0.39, 0.29) is 17.4 Å². The highest BCUT2D eigenvalue weighted by Gasteiger charge is 2.32. The number of hydrogen-bond acceptors (Lipinski definition) is 4. The number of sulfone groups is 1. The van der Waals surface area contributed by atoms with Crippen LogP contribution in [0.25, 0.3) is 0 Å². The molecule has 1 saturated heterocycles. The van der Waals surface area contributed by atoms with Crippen LogP contribution in [0, 0.1) is 5.92 Å². The van der Waals surface area contributed by atoms with Crippen molar-refractivity contribution in [2.45, 2.75) is 33.4 Å². The summed E-state index contributed by atoms with van der Waals surface area (Å²) in [4.78, 5) is 14.5. The van der Waals surface area contributed by atoms with Gasteiger partial charge in [-0.15, -0.1) is 0 Å². The van der Waals surface area contributed by atoms with E-state index in [4.69, 9.17) is 0 Å². The predicted molar refractivity (Wildman–Crippen MR) is 91.7 cm³/mol. The third-order valence-electron chi connectivity index (χ3n) is 4.46. The summed E-state index contributed by atoms with van der Waals surface area (Å²) in [5, 5.41) is 2.91. The SMILES string of the molecule is CCN(CC)Cc1ccccc1CNC(=O)C1CCS(=O)(=O)C1. The number of nitrogens with one attached hydrogen (secondary N) is 1. The van der Waals surface area contributed by atoms with E-state index in [9.17, 15) is 13.2 Å². The van der Waals surface area contributed by atoms with Gasteiger partial charge in [-0.1, -0.05) is 38.1 Å². The van der Waals surface area contributed by atoms with Crippen molar-refractivity contribution in [3.05, 3.63) is 35.4 Å². The highest BCUT2D eigenvalue weighted by Crippen LogP contribution is 2.19. The van der Waals surface area contributed by atoms with Gasteiger partial charge in [-0.05, 0) is 30.6 Å². The first-order valence-electron chi connectivity index (χ1n) is 8.22. The summed E-state index contributed by atoms with van der Waals surface area (Å²) in [5.41, 5.74) is 2.30. The average molecular weight is 338 g/mol. The Labute approximate surface area is 139 Å². The number of benzene rings is 1. The highest BCUT2D eigenvalue weighted by molar-refractivity contribution is 7.91. The quantitative estimate of drug-likeness (QED) is 0.820. The van der Waals surface area contributed by atoms with Gasteiger partial charge in [0.2, 0.25) is 5.91 Å². The van der Waals surface area contributed by atoms with Crippen LogP contribution in [-0.4, -0.2) is 43.8 Å². The van der Waals surface area contributed by atoms with E-state index < -0.39 is 15.8 Å². The number of carbonyl (C=O) groups excluding carboxylic acids is 1. The summed E-state index contributed by atoms with van der Waals surface area (Å²) in [7, 11) is -3.02. The van der Waals surface area contributed by atoms with Crippen LogP contribution in [0.2, 0.25) is 0 Å². The molecule has 23 heavy (non-hydrogen) atoms. The van der Waals surface area contributed by atoms with E-state index >= 15 is 0 Å². The molecule has 1 N–H and O–H groups in total. The molecule has 1 aliphatic rings. The number of hydrogen-bond donors (Lipinski definition) is 1. The van der Waals surface area contributed by atoms with Crippen molar-refractivity contribution in [2.24, 2.45) is 5.92 Å². The minimum Gasteiger partial charge on any atom is -0.352 e. The minimum atomic E-state index is -3.02. The monoisotopic (exact) mass is 338 g/mol. The van der Waals surface area contributed by atoms with Crippen molar-refractivity contribution >= 4 is 15.7 Å². The molecule has 1 aromatic carbocycles. The van der Waals surface area contributed by atoms with Crippen molar-refractivity contribution in [3.63, 3.8) is 0 Å². The Morgan fingerprint density at radius 2 is 1.87 bits per heavy atom. The molecule has 1 heterocycles. The molecule has 1 amide bonds. The van der Waals surface area contributed by atoms with Gasteiger partial charge in [0.25, 0.3) is 0 Å². The minimum absolute atomic E-state index is 0.0140. The van der Waals surface area contributed by atoms with Gasteiger partial charge in [-0.3, -0.25) is 9.69 Å². The number of carbonyl (C=O) groups is 1. The van der Waals surface area contributed by atoms with Crippen molar-refractivity contribution in [1.29, 1.82) is 0 Å². The lowest BCUT2D eigenvalue weighted by atomic mass is 10.1. The van der Waals surface area contributed by atoms with Crippen molar-refractivity contribution in [1.82, 2.24) is 10.2 Å². The lowest BCUT2D eigenvalue weighted by Crippen LogP contribution is -2.31. The van der Waals surface area contributed by atoms with Gasteiger partial charge < -0.3 is 5.32 Å². The summed E-state index contributed by atoms with van der Waals surface area (Å²) in [6, 6.07) is 8.07. The molecular weight excluding hydrogens is 312 g/mol. The van der Waals surface area contributed by atoms with Gasteiger partial charge in [-0.2, -0.15) is 0 Å². The van der Waals surface area contributed by atoms with Crippen LogP contribution in [-0.2, 0) is 27.7 Å². The maximum atomic E-state index is 12.2. The Kier molecular flexibility index (Phi) is 6.18. The maximum absolute atomic E-state index is 12.2. The van der Waals surface area contributed by atoms with E-state index in [0.29, 0.717) is 13.0 Å². The van der Waals surface area contributed by atoms with E-state index in [1.807, 2.05) is 18.2 Å². The maximum Gasteiger partial charge on any atom is 0.224 e. The average Bonchev–Trinajstić information content (AvgIpc) is 2.91. The third kappa shape index (κ3) is 5.04. The Morgan fingerprint density at radius 1 is 1.22 bits per heavy atom. The molecule has 1 aliphatic heterocycles. The molecule has 1 fully saturated rings. The second-order valence-electron chi connectivity index (χ2n) is 6.05. The van der Waals surface area contributed by atoms with Crippen LogP contribution in [0.4, 0.5) is 0 Å². The van der Waals surface area contributed by atoms with Gasteiger partial charge in [0, 0.05) is 13.1 Å². The van der Waals surface area contributed by atoms with Crippen LogP contribution in [0.1, 0.15) is 31.4 Å². The molecule has 1 aromatic rings. The van der Waals surface area contributed by atoms with Gasteiger partial charge in [0.05, 0.1) is 17.4 Å². The van der Waals surface area contributed by atoms with Crippen LogP contribution in [0.15, 0.2) is 24.3 Å². The fourth-order valence-corrected chi connectivity index (χ4v) is 4.64. The molecule has 6 heteroatoms. The summed E-state index contributed by atoms with van der Waals surface area (Å²) in [5.74, 6) is -0.428. The normalized spacial score (nSPS) is 19.9. The largest absolute Gasteiger partial charge is 0.352 e. The fraction of sp³-hybridized carbons (Fsp3) is 0.588. The number of nitrogens with zero attached hydrogens (tertiary/aromatic N) is 1. The molecule has 1 unspecified atom stereocenters. The smallest absolute Gasteiger partial charge is 0.224 e. The summed E-state index contributed by atoms with van der Waals surface area (Å²) in [6.07, 6.45) is 0.440. The Hall–Kier alpha value is -1.40. The van der Waals surface area contributed by atoms with Gasteiger partial charge >= 0.3 is 0 Å². The Bertz CT molecular complexity index is 639. The molecule has 0 radical (unpaired) electrons. The van der Waals surface area contributed by atoms with Crippen LogP contribution >= 0.6 is 0 Å². The first kappa shape index (κ1) is 17.9. The summed E-state index contributed by atoms with van der Waals surface area (Å²) < 4.78 is 23.0. The second-order valence-corrected chi connectivity index (χ2v) is 8.28.